The lowest BCUT2D eigenvalue weighted by atomic mass is 9.74. The molecule has 2 fully saturated rings. The average molecular weight is 494 g/mol. The van der Waals surface area contributed by atoms with Crippen LogP contribution >= 0.6 is 0 Å². The highest BCUT2D eigenvalue weighted by molar-refractivity contribution is 5.98. The highest BCUT2D eigenvalue weighted by atomic mass is 16.8. The first kappa shape index (κ1) is 26.4. The molecular weight excluding hydrogens is 468 g/mol. The average Bonchev–Trinajstić information content (AvgIpc) is 3.00. The predicted octanol–water partition coefficient (Wildman–Crippen LogP) is -0.658. The van der Waals surface area contributed by atoms with E-state index in [0.717, 1.165) is 5.56 Å². The molecule has 0 aliphatic carbocycles. The van der Waals surface area contributed by atoms with Crippen LogP contribution < -0.4 is 0 Å². The Kier molecular flexibility index (Phi) is 6.90. The smallest absolute Gasteiger partial charge is 0.343 e. The number of rotatable bonds is 9. The molecule has 2 aliphatic heterocycles. The van der Waals surface area contributed by atoms with Gasteiger partial charge >= 0.3 is 17.9 Å². The summed E-state index contributed by atoms with van der Waals surface area (Å²) in [7, 11) is 0. The molecule has 1 aromatic carbocycles. The lowest BCUT2D eigenvalue weighted by Gasteiger charge is -2.48. The van der Waals surface area contributed by atoms with Crippen molar-refractivity contribution in [1.82, 2.24) is 0 Å². The fourth-order valence-electron chi connectivity index (χ4n) is 4.62. The highest BCUT2D eigenvalue weighted by Crippen LogP contribution is 2.54. The lowest BCUT2D eigenvalue weighted by molar-refractivity contribution is -0.371. The fourth-order valence-corrected chi connectivity index (χ4v) is 4.62. The molecule has 12 heteroatoms. The standard InChI is InChI=1S/C23H26O12/c1-11(14(24)12(2)10-13-6-4-3-5-7-13)8-9-21-15(25)16(26)23(35-21,20(31)32)22(33,19(29)30)17(34-21)18(27)28/h3-8,12,15-17,25-26,33H,9-10H2,1-2H3,(H,27,28)(H,29,30)(H,31,32). The normalized spacial score (nSPS) is 35.3. The molecule has 0 radical (unpaired) electrons. The maximum Gasteiger partial charge on any atom is 0.343 e. The van der Waals surface area contributed by atoms with Gasteiger partial charge in [-0.1, -0.05) is 43.3 Å². The second-order valence-electron chi connectivity index (χ2n) is 8.80. The molecule has 0 spiro atoms. The summed E-state index contributed by atoms with van der Waals surface area (Å²) in [5, 5.41) is 60.7. The zero-order chi connectivity index (χ0) is 26.3. The number of carboxylic acid groups (broad SMARTS) is 3. The number of ketones is 1. The number of aliphatic hydroxyl groups excluding tert-OH is 2. The van der Waals surface area contributed by atoms with E-state index in [0.29, 0.717) is 6.42 Å². The van der Waals surface area contributed by atoms with Gasteiger partial charge in [-0.05, 0) is 24.5 Å². The van der Waals surface area contributed by atoms with E-state index in [1.54, 1.807) is 6.92 Å². The molecule has 0 amide bonds. The Morgan fingerprint density at radius 2 is 1.63 bits per heavy atom. The minimum Gasteiger partial charge on any atom is -0.479 e. The summed E-state index contributed by atoms with van der Waals surface area (Å²) in [5.74, 6) is -10.0. The SMILES string of the molecule is CC(=CCC12OC(C(=O)O)C(O)(C(=O)O)C(C(=O)O)(O1)C(O)C2O)C(=O)C(C)Cc1ccccc1. The minimum absolute atomic E-state index is 0.149. The Labute approximate surface area is 199 Å². The second kappa shape index (κ2) is 9.13. The van der Waals surface area contributed by atoms with E-state index in [9.17, 15) is 49.8 Å². The molecule has 35 heavy (non-hydrogen) atoms. The Hall–Kier alpha value is -3.16. The van der Waals surface area contributed by atoms with Gasteiger partial charge in [0.15, 0.2) is 5.78 Å². The van der Waals surface area contributed by atoms with Gasteiger partial charge in [-0.15, -0.1) is 0 Å². The van der Waals surface area contributed by atoms with Gasteiger partial charge in [0.2, 0.25) is 23.1 Å². The largest absolute Gasteiger partial charge is 0.479 e. The number of ether oxygens (including phenoxy) is 2. The number of allylic oxidation sites excluding steroid dienone is 1. The number of fused-ring (bicyclic) bond motifs is 2. The quantitative estimate of drug-likeness (QED) is 0.237. The molecular formula is C23H26O12. The summed E-state index contributed by atoms with van der Waals surface area (Å²) in [6, 6.07) is 9.18. The minimum atomic E-state index is -3.80. The van der Waals surface area contributed by atoms with Crippen molar-refractivity contribution >= 4 is 23.7 Å². The van der Waals surface area contributed by atoms with Crippen molar-refractivity contribution in [2.45, 2.75) is 62.0 Å². The van der Waals surface area contributed by atoms with Crippen molar-refractivity contribution in [3.8, 4) is 0 Å². The van der Waals surface area contributed by atoms with Crippen LogP contribution in [0.5, 0.6) is 0 Å². The molecule has 2 bridgehead atoms. The Balaban J connectivity index is 1.95. The van der Waals surface area contributed by atoms with E-state index >= 15 is 0 Å². The van der Waals surface area contributed by atoms with Crippen LogP contribution in [0.3, 0.4) is 0 Å². The highest BCUT2D eigenvalue weighted by Gasteiger charge is 2.84. The summed E-state index contributed by atoms with van der Waals surface area (Å²) < 4.78 is 10.4. The van der Waals surface area contributed by atoms with Crippen LogP contribution in [-0.2, 0) is 35.1 Å². The molecule has 1 aromatic rings. The van der Waals surface area contributed by atoms with Gasteiger partial charge in [-0.25, -0.2) is 14.4 Å². The number of Topliss-reactive ketones (excluding diaryl/α,β-unsaturated/α-hetero) is 1. The molecule has 2 heterocycles. The summed E-state index contributed by atoms with van der Waals surface area (Å²) in [4.78, 5) is 48.6. The van der Waals surface area contributed by atoms with Crippen LogP contribution in [0.4, 0.5) is 0 Å². The summed E-state index contributed by atoms with van der Waals surface area (Å²) in [5.41, 5.74) is -6.22. The monoisotopic (exact) mass is 494 g/mol. The Morgan fingerprint density at radius 3 is 2.14 bits per heavy atom. The number of aliphatic carboxylic acids is 3. The van der Waals surface area contributed by atoms with Crippen LogP contribution in [0.2, 0.25) is 0 Å². The molecule has 7 atom stereocenters. The number of aliphatic hydroxyl groups is 3. The van der Waals surface area contributed by atoms with Gasteiger partial charge in [0.25, 0.3) is 0 Å². The summed E-state index contributed by atoms with van der Waals surface area (Å²) in [6.45, 7) is 3.13. The molecule has 12 nitrogen and oxygen atoms in total. The van der Waals surface area contributed by atoms with Crippen LogP contribution in [0, 0.1) is 5.92 Å². The number of hydrogen-bond donors (Lipinski definition) is 6. The van der Waals surface area contributed by atoms with Crippen molar-refractivity contribution in [2.24, 2.45) is 5.92 Å². The van der Waals surface area contributed by atoms with Crippen molar-refractivity contribution < 1.29 is 59.3 Å². The van der Waals surface area contributed by atoms with Crippen LogP contribution in [0.15, 0.2) is 42.0 Å². The lowest BCUT2D eigenvalue weighted by Crippen LogP contribution is -2.77. The molecule has 6 N–H and O–H groups in total. The number of carbonyl (C=O) groups excluding carboxylic acids is 1. The van der Waals surface area contributed by atoms with E-state index in [1.165, 1.54) is 13.0 Å². The third kappa shape index (κ3) is 3.93. The molecule has 190 valence electrons. The molecule has 0 aromatic heterocycles. The maximum absolute atomic E-state index is 12.8. The van der Waals surface area contributed by atoms with Crippen molar-refractivity contribution in [2.75, 3.05) is 0 Å². The van der Waals surface area contributed by atoms with Gasteiger partial charge in [0.1, 0.15) is 12.2 Å². The van der Waals surface area contributed by atoms with Crippen LogP contribution in [-0.4, -0.2) is 89.6 Å². The van der Waals surface area contributed by atoms with Crippen molar-refractivity contribution in [1.29, 1.82) is 0 Å². The van der Waals surface area contributed by atoms with Crippen LogP contribution in [0.25, 0.3) is 0 Å². The maximum atomic E-state index is 12.8. The first-order chi connectivity index (χ1) is 16.2. The Bertz CT molecular complexity index is 1070. The number of carbonyl (C=O) groups is 4. The molecule has 3 rings (SSSR count). The topological polar surface area (TPSA) is 208 Å². The second-order valence-corrected chi connectivity index (χ2v) is 8.80. The number of benzene rings is 1. The van der Waals surface area contributed by atoms with Gasteiger partial charge in [0, 0.05) is 12.3 Å². The molecule has 2 saturated heterocycles. The van der Waals surface area contributed by atoms with E-state index in [4.69, 9.17) is 9.47 Å². The van der Waals surface area contributed by atoms with Gasteiger partial charge in [-0.2, -0.15) is 0 Å². The summed E-state index contributed by atoms with van der Waals surface area (Å²) in [6.07, 6.45) is -6.62. The van der Waals surface area contributed by atoms with E-state index < -0.39 is 65.5 Å². The zero-order valence-electron chi connectivity index (χ0n) is 18.8. The molecule has 7 unspecified atom stereocenters. The third-order valence-corrected chi connectivity index (χ3v) is 6.54. The summed E-state index contributed by atoms with van der Waals surface area (Å²) >= 11 is 0. The Morgan fingerprint density at radius 1 is 1.03 bits per heavy atom. The van der Waals surface area contributed by atoms with Gasteiger partial charge < -0.3 is 40.1 Å². The molecule has 2 aliphatic rings. The zero-order valence-corrected chi connectivity index (χ0v) is 18.8. The first-order valence-corrected chi connectivity index (χ1v) is 10.7. The predicted molar refractivity (Wildman–Crippen MR) is 114 cm³/mol. The third-order valence-electron chi connectivity index (χ3n) is 6.54. The molecule has 0 saturated carbocycles. The number of carboxylic acids is 3. The van der Waals surface area contributed by atoms with Crippen molar-refractivity contribution in [3.05, 3.63) is 47.5 Å². The van der Waals surface area contributed by atoms with E-state index in [-0.39, 0.29) is 11.4 Å². The first-order valence-electron chi connectivity index (χ1n) is 10.7. The van der Waals surface area contributed by atoms with Crippen LogP contribution in [0.1, 0.15) is 25.8 Å². The van der Waals surface area contributed by atoms with E-state index in [1.807, 2.05) is 30.3 Å². The number of hydrogen-bond acceptors (Lipinski definition) is 9. The fraction of sp³-hybridized carbons (Fsp3) is 0.478. The van der Waals surface area contributed by atoms with Gasteiger partial charge in [-0.3, -0.25) is 4.79 Å². The van der Waals surface area contributed by atoms with Crippen molar-refractivity contribution in [3.63, 3.8) is 0 Å². The van der Waals surface area contributed by atoms with E-state index in [2.05, 4.69) is 0 Å². The van der Waals surface area contributed by atoms with Gasteiger partial charge in [0.05, 0.1) is 0 Å².